The highest BCUT2D eigenvalue weighted by Gasteiger charge is 2.09. The fourth-order valence-corrected chi connectivity index (χ4v) is 3.17. The lowest BCUT2D eigenvalue weighted by molar-refractivity contribution is 0.203. The van der Waals surface area contributed by atoms with Crippen molar-refractivity contribution in [2.24, 2.45) is 0 Å². The van der Waals surface area contributed by atoms with Gasteiger partial charge in [0.25, 0.3) is 0 Å². The van der Waals surface area contributed by atoms with Gasteiger partial charge in [-0.2, -0.15) is 0 Å². The molecule has 0 bridgehead atoms. The smallest absolute Gasteiger partial charge is 0.214 e. The number of piperidine rings is 1. The molecule has 1 aromatic carbocycles. The van der Waals surface area contributed by atoms with Crippen molar-refractivity contribution in [1.29, 1.82) is 0 Å². The van der Waals surface area contributed by atoms with Gasteiger partial charge in [0.15, 0.2) is 0 Å². The zero-order valence-electron chi connectivity index (χ0n) is 14.7. The van der Waals surface area contributed by atoms with Crippen molar-refractivity contribution in [3.63, 3.8) is 0 Å². The predicted molar refractivity (Wildman–Crippen MR) is 102 cm³/mol. The molecule has 2 aromatic rings. The van der Waals surface area contributed by atoms with Gasteiger partial charge in [0.05, 0.1) is 6.61 Å². The lowest BCUT2D eigenvalue weighted by Gasteiger charge is -2.26. The Kier molecular flexibility index (Phi) is 7.66. The molecule has 1 saturated heterocycles. The van der Waals surface area contributed by atoms with E-state index in [4.69, 9.17) is 4.74 Å². The van der Waals surface area contributed by atoms with Gasteiger partial charge < -0.3 is 9.64 Å². The number of ether oxygens (including phenoxy) is 1. The Balaban J connectivity index is 0.00000225. The van der Waals surface area contributed by atoms with Gasteiger partial charge in [-0.15, -0.1) is 12.4 Å². The third kappa shape index (κ3) is 5.98. The van der Waals surface area contributed by atoms with Gasteiger partial charge in [-0.3, -0.25) is 0 Å². The maximum absolute atomic E-state index is 13.1. The molecule has 0 spiro atoms. The summed E-state index contributed by atoms with van der Waals surface area (Å²) in [7, 11) is 0. The van der Waals surface area contributed by atoms with Crippen LogP contribution in [0.5, 0.6) is 5.88 Å². The third-order valence-electron chi connectivity index (χ3n) is 4.42. The summed E-state index contributed by atoms with van der Waals surface area (Å²) in [6.07, 6.45) is 5.02. The summed E-state index contributed by atoms with van der Waals surface area (Å²) in [5.41, 5.74) is 2.89. The zero-order valence-corrected chi connectivity index (χ0v) is 15.5. The SMILES string of the molecule is Cc1cc(-c2ccc(F)cc2)cc(OCCCN2CCCCC2)n1.Cl. The van der Waals surface area contributed by atoms with Crippen LogP contribution in [0.3, 0.4) is 0 Å². The summed E-state index contributed by atoms with van der Waals surface area (Å²) in [6.45, 7) is 6.16. The first-order chi connectivity index (χ1) is 11.7. The quantitative estimate of drug-likeness (QED) is 0.683. The van der Waals surface area contributed by atoms with Crippen molar-refractivity contribution in [2.75, 3.05) is 26.2 Å². The molecule has 2 heterocycles. The topological polar surface area (TPSA) is 25.4 Å². The Hall–Kier alpha value is -1.65. The Morgan fingerprint density at radius 3 is 2.48 bits per heavy atom. The molecule has 136 valence electrons. The molecular weight excluding hydrogens is 339 g/mol. The molecule has 0 amide bonds. The fraction of sp³-hybridized carbons (Fsp3) is 0.450. The van der Waals surface area contributed by atoms with E-state index in [-0.39, 0.29) is 18.2 Å². The fourth-order valence-electron chi connectivity index (χ4n) is 3.17. The minimum atomic E-state index is -0.223. The first kappa shape index (κ1) is 19.7. The number of hydrogen-bond donors (Lipinski definition) is 0. The van der Waals surface area contributed by atoms with Crippen molar-refractivity contribution >= 4 is 12.4 Å². The Bertz CT molecular complexity index is 657. The summed E-state index contributed by atoms with van der Waals surface area (Å²) >= 11 is 0. The van der Waals surface area contributed by atoms with E-state index in [0.717, 1.165) is 29.8 Å². The Labute approximate surface area is 155 Å². The van der Waals surface area contributed by atoms with Crippen LogP contribution in [-0.4, -0.2) is 36.1 Å². The molecule has 1 aliphatic heterocycles. The number of nitrogens with zero attached hydrogens (tertiary/aromatic N) is 2. The Morgan fingerprint density at radius 1 is 1.04 bits per heavy atom. The lowest BCUT2D eigenvalue weighted by atomic mass is 10.1. The normalized spacial score (nSPS) is 14.8. The number of rotatable bonds is 6. The molecule has 0 N–H and O–H groups in total. The van der Waals surface area contributed by atoms with Gasteiger partial charge in [0.2, 0.25) is 5.88 Å². The number of benzene rings is 1. The van der Waals surface area contributed by atoms with E-state index < -0.39 is 0 Å². The molecule has 25 heavy (non-hydrogen) atoms. The van der Waals surface area contributed by atoms with Crippen LogP contribution in [0.4, 0.5) is 4.39 Å². The van der Waals surface area contributed by atoms with E-state index in [1.165, 1.54) is 44.5 Å². The highest BCUT2D eigenvalue weighted by atomic mass is 35.5. The third-order valence-corrected chi connectivity index (χ3v) is 4.42. The van der Waals surface area contributed by atoms with E-state index in [1.54, 1.807) is 12.1 Å². The van der Waals surface area contributed by atoms with Crippen molar-refractivity contribution in [1.82, 2.24) is 9.88 Å². The van der Waals surface area contributed by atoms with E-state index in [1.807, 2.05) is 19.1 Å². The molecule has 0 unspecified atom stereocenters. The second kappa shape index (κ2) is 9.73. The van der Waals surface area contributed by atoms with Crippen LogP contribution in [0.1, 0.15) is 31.4 Å². The van der Waals surface area contributed by atoms with Gasteiger partial charge in [0.1, 0.15) is 5.82 Å². The summed E-state index contributed by atoms with van der Waals surface area (Å²) in [4.78, 5) is 6.97. The molecule has 0 atom stereocenters. The molecule has 5 heteroatoms. The van der Waals surface area contributed by atoms with Gasteiger partial charge >= 0.3 is 0 Å². The first-order valence-electron chi connectivity index (χ1n) is 8.80. The van der Waals surface area contributed by atoms with E-state index in [9.17, 15) is 4.39 Å². The standard InChI is InChI=1S/C20H25FN2O.ClH/c1-16-14-18(17-6-8-19(21)9-7-17)15-20(22-16)24-13-5-12-23-10-3-2-4-11-23;/h6-9,14-15H,2-5,10-13H2,1H3;1H. The maximum atomic E-state index is 13.1. The van der Waals surface area contributed by atoms with E-state index in [0.29, 0.717) is 12.5 Å². The highest BCUT2D eigenvalue weighted by Crippen LogP contribution is 2.24. The number of hydrogen-bond acceptors (Lipinski definition) is 3. The number of likely N-dealkylation sites (tertiary alicyclic amines) is 1. The Morgan fingerprint density at radius 2 is 1.76 bits per heavy atom. The summed E-state index contributed by atoms with van der Waals surface area (Å²) in [5.74, 6) is 0.423. The molecular formula is C20H26ClFN2O. The zero-order chi connectivity index (χ0) is 16.8. The van der Waals surface area contributed by atoms with Crippen molar-refractivity contribution in [3.8, 4) is 17.0 Å². The van der Waals surface area contributed by atoms with E-state index >= 15 is 0 Å². The molecule has 0 saturated carbocycles. The minimum Gasteiger partial charge on any atom is -0.478 e. The number of aryl methyl sites for hydroxylation is 1. The number of aromatic nitrogens is 1. The number of halogens is 2. The molecule has 3 rings (SSSR count). The largest absolute Gasteiger partial charge is 0.478 e. The first-order valence-corrected chi connectivity index (χ1v) is 8.80. The van der Waals surface area contributed by atoms with Crippen molar-refractivity contribution < 1.29 is 9.13 Å². The minimum absolute atomic E-state index is 0. The van der Waals surface area contributed by atoms with Crippen LogP contribution in [0.25, 0.3) is 11.1 Å². The summed E-state index contributed by atoms with van der Waals surface area (Å²) < 4.78 is 18.9. The predicted octanol–water partition coefficient (Wildman–Crippen LogP) is 4.87. The van der Waals surface area contributed by atoms with Crippen LogP contribution < -0.4 is 4.74 Å². The molecule has 1 aliphatic rings. The van der Waals surface area contributed by atoms with Crippen LogP contribution in [-0.2, 0) is 0 Å². The molecule has 0 aliphatic carbocycles. The average Bonchev–Trinajstić information content (AvgIpc) is 2.60. The monoisotopic (exact) mass is 364 g/mol. The average molecular weight is 365 g/mol. The lowest BCUT2D eigenvalue weighted by Crippen LogP contribution is -2.31. The van der Waals surface area contributed by atoms with Gasteiger partial charge in [0, 0.05) is 18.3 Å². The van der Waals surface area contributed by atoms with Crippen LogP contribution in [0.2, 0.25) is 0 Å². The van der Waals surface area contributed by atoms with Gasteiger partial charge in [-0.05, 0) is 68.6 Å². The van der Waals surface area contributed by atoms with Crippen LogP contribution in [0.15, 0.2) is 36.4 Å². The summed E-state index contributed by atoms with van der Waals surface area (Å²) in [5, 5.41) is 0. The van der Waals surface area contributed by atoms with Crippen LogP contribution >= 0.6 is 12.4 Å². The van der Waals surface area contributed by atoms with Gasteiger partial charge in [-0.1, -0.05) is 18.6 Å². The second-order valence-corrected chi connectivity index (χ2v) is 6.45. The van der Waals surface area contributed by atoms with Crippen molar-refractivity contribution in [3.05, 3.63) is 47.9 Å². The molecule has 1 aromatic heterocycles. The molecule has 1 fully saturated rings. The van der Waals surface area contributed by atoms with Crippen molar-refractivity contribution in [2.45, 2.75) is 32.6 Å². The second-order valence-electron chi connectivity index (χ2n) is 6.45. The van der Waals surface area contributed by atoms with Crippen LogP contribution in [0, 0.1) is 12.7 Å². The molecule has 3 nitrogen and oxygen atoms in total. The highest BCUT2D eigenvalue weighted by molar-refractivity contribution is 5.85. The summed E-state index contributed by atoms with van der Waals surface area (Å²) in [6, 6.07) is 10.4. The number of pyridine rings is 1. The maximum Gasteiger partial charge on any atom is 0.214 e. The molecule has 0 radical (unpaired) electrons. The van der Waals surface area contributed by atoms with E-state index in [2.05, 4.69) is 9.88 Å². The van der Waals surface area contributed by atoms with Gasteiger partial charge in [-0.25, -0.2) is 9.37 Å².